The van der Waals surface area contributed by atoms with Crippen molar-refractivity contribution in [3.8, 4) is 0 Å². The van der Waals surface area contributed by atoms with Crippen LogP contribution in [0, 0.1) is 10.1 Å². The molecule has 12 heteroatoms. The number of hydrogen-bond donors (Lipinski definition) is 4. The first kappa shape index (κ1) is 18.3. The number of nitro benzene ring substituents is 1. The van der Waals surface area contributed by atoms with Crippen molar-refractivity contribution in [2.75, 3.05) is 23.8 Å². The van der Waals surface area contributed by atoms with Crippen molar-refractivity contribution < 1.29 is 14.3 Å². The van der Waals surface area contributed by atoms with Gasteiger partial charge in [-0.3, -0.25) is 25.5 Å². The van der Waals surface area contributed by atoms with Gasteiger partial charge in [0.05, 0.1) is 15.0 Å². The normalized spacial score (nSPS) is 13.5. The fourth-order valence-electron chi connectivity index (χ4n) is 2.14. The van der Waals surface area contributed by atoms with Gasteiger partial charge in [-0.1, -0.05) is 22.6 Å². The van der Waals surface area contributed by atoms with Gasteiger partial charge in [-0.15, -0.1) is 0 Å². The number of alkyl halides is 1. The van der Waals surface area contributed by atoms with E-state index < -0.39 is 17.3 Å². The second-order valence-electron chi connectivity index (χ2n) is 4.73. The number of nitro groups is 1. The lowest BCUT2D eigenvalue weighted by Crippen LogP contribution is -2.59. The van der Waals surface area contributed by atoms with Crippen molar-refractivity contribution in [2.45, 2.75) is 12.3 Å². The third-order valence-corrected chi connectivity index (χ3v) is 3.99. The second-order valence-corrected chi connectivity index (χ2v) is 5.49. The van der Waals surface area contributed by atoms with Crippen LogP contribution >= 0.6 is 22.6 Å². The van der Waals surface area contributed by atoms with Gasteiger partial charge in [0.2, 0.25) is 11.4 Å². The molecule has 2 rings (SSSR count). The van der Waals surface area contributed by atoms with Crippen LogP contribution in [0.2, 0.25) is 0 Å². The number of hydrogen-bond acceptors (Lipinski definition) is 9. The van der Waals surface area contributed by atoms with Crippen LogP contribution in [0.15, 0.2) is 16.8 Å². The standard InChI is InChI=1S/C12H16IN7O4/c1-14-11(12(15-2)17-8(21)5-13)16-6-3-4-7(20(22)23)10-9(6)18-24-19-10/h3-4,11-12,14-16H,5H2,1-2H3,(H,17,21). The smallest absolute Gasteiger partial charge is 0.300 e. The van der Waals surface area contributed by atoms with Gasteiger partial charge in [0.15, 0.2) is 5.52 Å². The van der Waals surface area contributed by atoms with Crippen molar-refractivity contribution >= 4 is 50.9 Å². The Balaban J connectivity index is 2.29. The molecular weight excluding hydrogens is 433 g/mol. The number of nitrogens with zero attached hydrogens (tertiary/aromatic N) is 3. The SMILES string of the molecule is CNC(NC(=O)CI)C(NC)Nc1ccc([N+](=O)[O-])c2nonc12. The molecule has 130 valence electrons. The molecule has 4 N–H and O–H groups in total. The number of fused-ring (bicyclic) bond motifs is 1. The fourth-order valence-corrected chi connectivity index (χ4v) is 2.36. The summed E-state index contributed by atoms with van der Waals surface area (Å²) in [6.45, 7) is 0. The van der Waals surface area contributed by atoms with E-state index in [9.17, 15) is 14.9 Å². The zero-order valence-electron chi connectivity index (χ0n) is 12.9. The molecule has 1 aromatic heterocycles. The molecule has 0 bridgehead atoms. The van der Waals surface area contributed by atoms with Crippen molar-refractivity contribution in [1.82, 2.24) is 26.3 Å². The summed E-state index contributed by atoms with van der Waals surface area (Å²) in [5.74, 6) is -0.131. The number of likely N-dealkylation sites (N-methyl/N-ethyl adjacent to an activating group) is 2. The molecule has 2 aromatic rings. The van der Waals surface area contributed by atoms with E-state index in [-0.39, 0.29) is 22.6 Å². The largest absolute Gasteiger partial charge is 0.365 e. The number of halogens is 1. The van der Waals surface area contributed by atoms with E-state index in [0.29, 0.717) is 10.1 Å². The number of non-ortho nitro benzene ring substituents is 1. The highest BCUT2D eigenvalue weighted by Gasteiger charge is 2.24. The molecule has 0 radical (unpaired) electrons. The maximum absolute atomic E-state index is 11.6. The van der Waals surface area contributed by atoms with Gasteiger partial charge in [-0.25, -0.2) is 4.63 Å². The number of anilines is 1. The zero-order valence-corrected chi connectivity index (χ0v) is 15.0. The quantitative estimate of drug-likeness (QED) is 0.146. The Morgan fingerprint density at radius 1 is 1.29 bits per heavy atom. The molecule has 0 saturated carbocycles. The van der Waals surface area contributed by atoms with Crippen LogP contribution in [0.25, 0.3) is 11.0 Å². The van der Waals surface area contributed by atoms with Gasteiger partial charge < -0.3 is 10.6 Å². The average Bonchev–Trinajstić information content (AvgIpc) is 3.07. The number of carbonyl (C=O) groups excluding carboxylic acids is 1. The van der Waals surface area contributed by atoms with Crippen LogP contribution in [-0.4, -0.2) is 52.0 Å². The maximum atomic E-state index is 11.6. The summed E-state index contributed by atoms with van der Waals surface area (Å²) >= 11 is 1.97. The van der Waals surface area contributed by atoms with Gasteiger partial charge in [0.1, 0.15) is 12.3 Å². The first-order valence-electron chi connectivity index (χ1n) is 6.87. The third kappa shape index (κ3) is 3.88. The van der Waals surface area contributed by atoms with Crippen LogP contribution in [-0.2, 0) is 4.79 Å². The van der Waals surface area contributed by atoms with Gasteiger partial charge >= 0.3 is 5.69 Å². The molecule has 1 heterocycles. The van der Waals surface area contributed by atoms with E-state index in [1.807, 2.05) is 22.6 Å². The number of aromatic nitrogens is 2. The third-order valence-electron chi connectivity index (χ3n) is 3.30. The Labute approximate surface area is 150 Å². The van der Waals surface area contributed by atoms with E-state index in [1.165, 1.54) is 12.1 Å². The predicted octanol–water partition coefficient (Wildman–Crippen LogP) is 0.185. The number of nitrogens with one attached hydrogen (secondary N) is 4. The molecule has 2 atom stereocenters. The average molecular weight is 449 g/mol. The summed E-state index contributed by atoms with van der Waals surface area (Å²) in [6.07, 6.45) is -0.842. The molecule has 0 saturated heterocycles. The van der Waals surface area contributed by atoms with Crippen molar-refractivity contribution in [3.05, 3.63) is 22.2 Å². The Hall–Kier alpha value is -2.06. The van der Waals surface area contributed by atoms with E-state index >= 15 is 0 Å². The second kappa shape index (κ2) is 8.16. The van der Waals surface area contributed by atoms with Crippen LogP contribution in [0.3, 0.4) is 0 Å². The molecule has 0 aliphatic carbocycles. The lowest BCUT2D eigenvalue weighted by Gasteiger charge is -2.28. The lowest BCUT2D eigenvalue weighted by atomic mass is 10.2. The monoisotopic (exact) mass is 449 g/mol. The van der Waals surface area contributed by atoms with Crippen LogP contribution in [0.4, 0.5) is 11.4 Å². The van der Waals surface area contributed by atoms with Crippen LogP contribution in [0.5, 0.6) is 0 Å². The van der Waals surface area contributed by atoms with Gasteiger partial charge in [0.25, 0.3) is 0 Å². The summed E-state index contributed by atoms with van der Waals surface area (Å²) in [5, 5.41) is 30.3. The minimum Gasteiger partial charge on any atom is -0.365 e. The fraction of sp³-hybridized carbons (Fsp3) is 0.417. The van der Waals surface area contributed by atoms with Gasteiger partial charge in [-0.05, 0) is 30.5 Å². The van der Waals surface area contributed by atoms with E-state index in [2.05, 4.69) is 36.2 Å². The zero-order chi connectivity index (χ0) is 17.7. The number of rotatable bonds is 8. The first-order valence-corrected chi connectivity index (χ1v) is 8.40. The molecule has 0 aliphatic heterocycles. The van der Waals surface area contributed by atoms with Crippen molar-refractivity contribution in [1.29, 1.82) is 0 Å². The van der Waals surface area contributed by atoms with Crippen LogP contribution in [0.1, 0.15) is 0 Å². The summed E-state index contributed by atoms with van der Waals surface area (Å²) < 4.78 is 4.95. The Morgan fingerprint density at radius 3 is 2.54 bits per heavy atom. The Kier molecular flexibility index (Phi) is 6.22. The molecule has 11 nitrogen and oxygen atoms in total. The minimum absolute atomic E-state index is 0.0529. The molecule has 0 spiro atoms. The highest BCUT2D eigenvalue weighted by molar-refractivity contribution is 14.1. The molecule has 0 aliphatic rings. The van der Waals surface area contributed by atoms with Gasteiger partial charge in [-0.2, -0.15) is 0 Å². The topological polar surface area (TPSA) is 147 Å². The molecule has 0 fully saturated rings. The van der Waals surface area contributed by atoms with Crippen molar-refractivity contribution in [3.63, 3.8) is 0 Å². The maximum Gasteiger partial charge on any atom is 0.300 e. The summed E-state index contributed by atoms with van der Waals surface area (Å²) in [4.78, 5) is 22.1. The van der Waals surface area contributed by atoms with E-state index in [0.717, 1.165) is 0 Å². The highest BCUT2D eigenvalue weighted by Crippen LogP contribution is 2.28. The number of benzene rings is 1. The lowest BCUT2D eigenvalue weighted by molar-refractivity contribution is -0.383. The van der Waals surface area contributed by atoms with Gasteiger partial charge in [0, 0.05) is 6.07 Å². The first-order chi connectivity index (χ1) is 11.5. The van der Waals surface area contributed by atoms with Crippen LogP contribution < -0.4 is 21.3 Å². The summed E-state index contributed by atoms with van der Waals surface area (Å²) in [6, 6.07) is 2.83. The Morgan fingerprint density at radius 2 is 1.96 bits per heavy atom. The predicted molar refractivity (Wildman–Crippen MR) is 94.8 cm³/mol. The molecular formula is C12H16IN7O4. The van der Waals surface area contributed by atoms with E-state index in [4.69, 9.17) is 0 Å². The van der Waals surface area contributed by atoms with E-state index in [1.54, 1.807) is 14.1 Å². The summed E-state index contributed by atoms with van der Waals surface area (Å²) in [5.41, 5.74) is 0.582. The minimum atomic E-state index is -0.553. The highest BCUT2D eigenvalue weighted by atomic mass is 127. The summed E-state index contributed by atoms with van der Waals surface area (Å²) in [7, 11) is 3.41. The number of amides is 1. The van der Waals surface area contributed by atoms with Crippen molar-refractivity contribution in [2.24, 2.45) is 0 Å². The Bertz CT molecular complexity index is 737. The number of carbonyl (C=O) groups is 1. The molecule has 1 amide bonds. The molecule has 24 heavy (non-hydrogen) atoms. The molecule has 1 aromatic carbocycles. The molecule has 2 unspecified atom stereocenters.